The molecular weight excluding hydrogens is 472 g/mol. The Morgan fingerprint density at radius 2 is 1.69 bits per heavy atom. The lowest BCUT2D eigenvalue weighted by Crippen LogP contribution is -2.30. The van der Waals surface area contributed by atoms with Crippen LogP contribution in [0, 0.1) is 0 Å². The summed E-state index contributed by atoms with van der Waals surface area (Å²) < 4.78 is 12.3. The number of carbonyl (C=O) groups excluding carboxylic acids is 2. The van der Waals surface area contributed by atoms with Crippen molar-refractivity contribution >= 4 is 49.9 Å². The minimum absolute atomic E-state index is 0.386. The van der Waals surface area contributed by atoms with Crippen molar-refractivity contribution in [3.63, 3.8) is 0 Å². The van der Waals surface area contributed by atoms with Crippen molar-refractivity contribution in [2.75, 3.05) is 11.9 Å². The summed E-state index contributed by atoms with van der Waals surface area (Å²) in [6.45, 7) is 3.89. The first-order chi connectivity index (χ1) is 17.5. The third-order valence-corrected chi connectivity index (χ3v) is 6.82. The number of hydrogen-bond donors (Lipinski definition) is 1. The number of rotatable bonds is 7. The van der Waals surface area contributed by atoms with Gasteiger partial charge in [0.2, 0.25) is 0 Å². The summed E-state index contributed by atoms with van der Waals surface area (Å²) in [7, 11) is 0. The Balaban J connectivity index is 1.43. The summed E-state index contributed by atoms with van der Waals surface area (Å²) in [5.41, 5.74) is 2.67. The Kier molecular flexibility index (Phi) is 6.64. The van der Waals surface area contributed by atoms with Crippen molar-refractivity contribution in [2.45, 2.75) is 20.0 Å². The van der Waals surface area contributed by atoms with Crippen LogP contribution in [0.4, 0.5) is 5.69 Å². The van der Waals surface area contributed by atoms with Gasteiger partial charge in [-0.05, 0) is 49.6 Å². The molecule has 0 saturated carbocycles. The molecule has 0 aliphatic rings. The third kappa shape index (κ3) is 4.65. The topological polar surface area (TPSA) is 77.5 Å². The van der Waals surface area contributed by atoms with Gasteiger partial charge in [0.05, 0.1) is 28.1 Å². The van der Waals surface area contributed by atoms with Crippen LogP contribution in [-0.4, -0.2) is 29.6 Å². The zero-order valence-electron chi connectivity index (χ0n) is 19.9. The molecule has 0 bridgehead atoms. The maximum atomic E-state index is 13.3. The number of nitrogens with zero attached hydrogens (tertiary/aromatic N) is 1. The SMILES string of the molecule is CCOc1ccccc1NC(=O)C(C)OC(=O)c1cccc2cccc(-c3nc4ccccc4s3)c12. The molecule has 1 aromatic heterocycles. The fourth-order valence-electron chi connectivity index (χ4n) is 4.04. The fraction of sp³-hybridized carbons (Fsp3) is 0.138. The number of carbonyl (C=O) groups is 2. The van der Waals surface area contributed by atoms with Crippen LogP contribution in [0.3, 0.4) is 0 Å². The first-order valence-electron chi connectivity index (χ1n) is 11.7. The fourth-order valence-corrected chi connectivity index (χ4v) is 5.04. The van der Waals surface area contributed by atoms with Crippen LogP contribution in [0.1, 0.15) is 24.2 Å². The summed E-state index contributed by atoms with van der Waals surface area (Å²) in [5.74, 6) is -0.460. The second kappa shape index (κ2) is 10.2. The number of para-hydroxylation sites is 3. The van der Waals surface area contributed by atoms with E-state index in [0.29, 0.717) is 23.6 Å². The van der Waals surface area contributed by atoms with E-state index >= 15 is 0 Å². The van der Waals surface area contributed by atoms with E-state index in [0.717, 1.165) is 31.6 Å². The molecule has 0 fully saturated rings. The van der Waals surface area contributed by atoms with Gasteiger partial charge in [0.1, 0.15) is 10.8 Å². The van der Waals surface area contributed by atoms with Crippen LogP contribution in [0.2, 0.25) is 0 Å². The number of nitrogens with one attached hydrogen (secondary N) is 1. The summed E-state index contributed by atoms with van der Waals surface area (Å²) in [6.07, 6.45) is -1.02. The van der Waals surface area contributed by atoms with Crippen LogP contribution < -0.4 is 10.1 Å². The molecule has 7 heteroatoms. The Labute approximate surface area is 212 Å². The number of benzene rings is 4. The van der Waals surface area contributed by atoms with Gasteiger partial charge in [-0.3, -0.25) is 4.79 Å². The van der Waals surface area contributed by atoms with Gasteiger partial charge in [-0.1, -0.05) is 54.6 Å². The molecule has 1 N–H and O–H groups in total. The lowest BCUT2D eigenvalue weighted by molar-refractivity contribution is -0.123. The van der Waals surface area contributed by atoms with Gasteiger partial charge < -0.3 is 14.8 Å². The molecule has 0 radical (unpaired) electrons. The molecule has 0 aliphatic heterocycles. The van der Waals surface area contributed by atoms with Crippen LogP contribution in [0.5, 0.6) is 5.75 Å². The summed E-state index contributed by atoms with van der Waals surface area (Å²) in [6, 6.07) is 26.4. The monoisotopic (exact) mass is 496 g/mol. The van der Waals surface area contributed by atoms with Crippen molar-refractivity contribution in [1.29, 1.82) is 0 Å². The molecule has 1 heterocycles. The summed E-state index contributed by atoms with van der Waals surface area (Å²) in [5, 5.41) is 5.25. The van der Waals surface area contributed by atoms with Crippen molar-refractivity contribution in [3.8, 4) is 16.3 Å². The maximum Gasteiger partial charge on any atom is 0.339 e. The molecule has 0 spiro atoms. The molecule has 6 nitrogen and oxygen atoms in total. The lowest BCUT2D eigenvalue weighted by atomic mass is 9.99. The third-order valence-electron chi connectivity index (χ3n) is 5.75. The van der Waals surface area contributed by atoms with Crippen LogP contribution in [-0.2, 0) is 9.53 Å². The zero-order valence-corrected chi connectivity index (χ0v) is 20.7. The molecule has 0 saturated heterocycles. The van der Waals surface area contributed by atoms with E-state index in [4.69, 9.17) is 14.5 Å². The number of hydrogen-bond acceptors (Lipinski definition) is 6. The average molecular weight is 497 g/mol. The number of fused-ring (bicyclic) bond motifs is 2. The van der Waals surface area contributed by atoms with Gasteiger partial charge in [0.15, 0.2) is 6.10 Å². The second-order valence-corrected chi connectivity index (χ2v) is 9.19. The van der Waals surface area contributed by atoms with E-state index < -0.39 is 18.0 Å². The largest absolute Gasteiger partial charge is 0.492 e. The summed E-state index contributed by atoms with van der Waals surface area (Å²) >= 11 is 1.57. The summed E-state index contributed by atoms with van der Waals surface area (Å²) in [4.78, 5) is 30.9. The smallest absolute Gasteiger partial charge is 0.339 e. The van der Waals surface area contributed by atoms with Crippen molar-refractivity contribution in [1.82, 2.24) is 4.98 Å². The maximum absolute atomic E-state index is 13.3. The Morgan fingerprint density at radius 1 is 0.944 bits per heavy atom. The predicted molar refractivity (Wildman–Crippen MR) is 144 cm³/mol. The van der Waals surface area contributed by atoms with E-state index in [1.54, 1.807) is 42.5 Å². The Hall–Kier alpha value is -4.23. The molecule has 5 rings (SSSR count). The number of amides is 1. The number of aromatic nitrogens is 1. The van der Waals surface area contributed by atoms with Crippen LogP contribution >= 0.6 is 11.3 Å². The molecule has 5 aromatic rings. The van der Waals surface area contributed by atoms with Gasteiger partial charge in [-0.25, -0.2) is 9.78 Å². The van der Waals surface area contributed by atoms with E-state index in [2.05, 4.69) is 5.32 Å². The molecule has 1 atom stereocenters. The van der Waals surface area contributed by atoms with E-state index in [-0.39, 0.29) is 0 Å². The Bertz CT molecular complexity index is 1540. The highest BCUT2D eigenvalue weighted by molar-refractivity contribution is 7.21. The normalized spacial score (nSPS) is 11.8. The quantitative estimate of drug-likeness (QED) is 0.254. The lowest BCUT2D eigenvalue weighted by Gasteiger charge is -2.16. The molecule has 4 aromatic carbocycles. The molecule has 1 amide bonds. The van der Waals surface area contributed by atoms with Gasteiger partial charge in [-0.2, -0.15) is 0 Å². The van der Waals surface area contributed by atoms with Crippen LogP contribution in [0.25, 0.3) is 31.6 Å². The standard InChI is InChI=1S/C29H24N2O4S/c1-3-34-24-16-6-4-14-22(24)30-27(32)18(2)35-29(33)21-13-9-11-19-10-8-12-20(26(19)21)28-31-23-15-5-7-17-25(23)36-28/h4-18H,3H2,1-2H3,(H,30,32). The highest BCUT2D eigenvalue weighted by Crippen LogP contribution is 2.36. The predicted octanol–water partition coefficient (Wildman–Crippen LogP) is 6.70. The highest BCUT2D eigenvalue weighted by Gasteiger charge is 2.23. The first kappa shape index (κ1) is 23.5. The number of thiazole rings is 1. The number of ether oxygens (including phenoxy) is 2. The molecule has 0 aliphatic carbocycles. The Morgan fingerprint density at radius 3 is 2.50 bits per heavy atom. The average Bonchev–Trinajstić information content (AvgIpc) is 3.33. The highest BCUT2D eigenvalue weighted by atomic mass is 32.1. The molecule has 1 unspecified atom stereocenters. The molecule has 36 heavy (non-hydrogen) atoms. The van der Waals surface area contributed by atoms with Crippen molar-refractivity contribution in [2.24, 2.45) is 0 Å². The molecule has 180 valence electrons. The van der Waals surface area contributed by atoms with E-state index in [1.807, 2.05) is 67.6 Å². The van der Waals surface area contributed by atoms with Crippen molar-refractivity contribution in [3.05, 3.63) is 90.5 Å². The van der Waals surface area contributed by atoms with Gasteiger partial charge in [-0.15, -0.1) is 11.3 Å². The van der Waals surface area contributed by atoms with E-state index in [9.17, 15) is 9.59 Å². The van der Waals surface area contributed by atoms with Crippen LogP contribution in [0.15, 0.2) is 84.9 Å². The van der Waals surface area contributed by atoms with Gasteiger partial charge in [0, 0.05) is 10.9 Å². The van der Waals surface area contributed by atoms with Gasteiger partial charge in [0.25, 0.3) is 5.91 Å². The minimum atomic E-state index is -1.02. The minimum Gasteiger partial charge on any atom is -0.492 e. The first-order valence-corrected chi connectivity index (χ1v) is 12.5. The van der Waals surface area contributed by atoms with E-state index in [1.165, 1.54) is 0 Å². The van der Waals surface area contributed by atoms with Crippen molar-refractivity contribution < 1.29 is 19.1 Å². The molecular formula is C29H24N2O4S. The number of anilines is 1. The number of esters is 1. The zero-order chi connectivity index (χ0) is 25.1. The second-order valence-electron chi connectivity index (χ2n) is 8.16. The van der Waals surface area contributed by atoms with Gasteiger partial charge >= 0.3 is 5.97 Å².